The normalized spacial score (nSPS) is 19.1. The minimum Gasteiger partial charge on any atom is -0.387 e. The standard InChI is InChI=1S/C13H13BrN2O/c14-10-4-1-3-9(7-10)13-15-8-11-12(17)5-2-6-16(11)13/h1,3-4,7-8,12,17H,2,5-6H2. The first-order valence-electron chi connectivity index (χ1n) is 5.75. The van der Waals surface area contributed by atoms with Gasteiger partial charge in [0.25, 0.3) is 0 Å². The molecule has 17 heavy (non-hydrogen) atoms. The Morgan fingerprint density at radius 1 is 1.41 bits per heavy atom. The zero-order chi connectivity index (χ0) is 11.8. The van der Waals surface area contributed by atoms with Crippen LogP contribution in [0.15, 0.2) is 34.9 Å². The Morgan fingerprint density at radius 2 is 2.29 bits per heavy atom. The lowest BCUT2D eigenvalue weighted by atomic mass is 10.1. The molecule has 0 saturated heterocycles. The largest absolute Gasteiger partial charge is 0.387 e. The van der Waals surface area contributed by atoms with E-state index in [4.69, 9.17) is 0 Å². The van der Waals surface area contributed by atoms with E-state index < -0.39 is 0 Å². The molecule has 0 aliphatic carbocycles. The molecule has 1 aromatic carbocycles. The molecule has 1 aliphatic heterocycles. The Morgan fingerprint density at radius 3 is 3.12 bits per heavy atom. The summed E-state index contributed by atoms with van der Waals surface area (Å²) in [6.45, 7) is 0.939. The van der Waals surface area contributed by atoms with Crippen molar-refractivity contribution in [3.8, 4) is 11.4 Å². The highest BCUT2D eigenvalue weighted by molar-refractivity contribution is 9.10. The maximum atomic E-state index is 9.91. The predicted molar refractivity (Wildman–Crippen MR) is 69.6 cm³/mol. The smallest absolute Gasteiger partial charge is 0.140 e. The van der Waals surface area contributed by atoms with E-state index in [2.05, 4.69) is 31.5 Å². The Kier molecular flexibility index (Phi) is 2.76. The van der Waals surface area contributed by atoms with Gasteiger partial charge in [0, 0.05) is 16.6 Å². The van der Waals surface area contributed by atoms with E-state index in [0.717, 1.165) is 40.9 Å². The summed E-state index contributed by atoms with van der Waals surface area (Å²) >= 11 is 3.47. The number of benzene rings is 1. The zero-order valence-electron chi connectivity index (χ0n) is 9.31. The fraction of sp³-hybridized carbons (Fsp3) is 0.308. The van der Waals surface area contributed by atoms with Gasteiger partial charge in [-0.15, -0.1) is 0 Å². The van der Waals surface area contributed by atoms with Crippen molar-refractivity contribution in [2.45, 2.75) is 25.5 Å². The summed E-state index contributed by atoms with van der Waals surface area (Å²) in [5.74, 6) is 0.944. The van der Waals surface area contributed by atoms with Crippen molar-refractivity contribution in [1.82, 2.24) is 9.55 Å². The molecule has 2 aromatic rings. The monoisotopic (exact) mass is 292 g/mol. The molecule has 0 fully saturated rings. The first-order chi connectivity index (χ1) is 8.25. The number of aromatic nitrogens is 2. The molecule has 1 N–H and O–H groups in total. The molecule has 1 aliphatic rings. The third kappa shape index (κ3) is 1.91. The maximum absolute atomic E-state index is 9.91. The molecule has 4 heteroatoms. The van der Waals surface area contributed by atoms with Gasteiger partial charge in [-0.1, -0.05) is 28.1 Å². The first-order valence-corrected chi connectivity index (χ1v) is 6.54. The van der Waals surface area contributed by atoms with Crippen LogP contribution in [-0.4, -0.2) is 14.7 Å². The predicted octanol–water partition coefficient (Wildman–Crippen LogP) is 3.14. The van der Waals surface area contributed by atoms with E-state index in [0.29, 0.717) is 0 Å². The number of fused-ring (bicyclic) bond motifs is 1. The van der Waals surface area contributed by atoms with Gasteiger partial charge in [0.2, 0.25) is 0 Å². The van der Waals surface area contributed by atoms with Crippen LogP contribution in [0.4, 0.5) is 0 Å². The average Bonchev–Trinajstić information content (AvgIpc) is 2.74. The molecule has 0 spiro atoms. The third-order valence-corrected chi connectivity index (χ3v) is 3.66. The number of aliphatic hydroxyl groups excluding tert-OH is 1. The van der Waals surface area contributed by atoms with Gasteiger partial charge in [-0.05, 0) is 25.0 Å². The molecule has 0 bridgehead atoms. The fourth-order valence-corrected chi connectivity index (χ4v) is 2.74. The second-order valence-corrected chi connectivity index (χ2v) is 5.24. The second-order valence-electron chi connectivity index (χ2n) is 4.33. The van der Waals surface area contributed by atoms with Crippen LogP contribution in [0, 0.1) is 0 Å². The van der Waals surface area contributed by atoms with Gasteiger partial charge in [0.15, 0.2) is 0 Å². The lowest BCUT2D eigenvalue weighted by Crippen LogP contribution is -2.15. The second kappa shape index (κ2) is 4.27. The topological polar surface area (TPSA) is 38.0 Å². The molecule has 0 amide bonds. The van der Waals surface area contributed by atoms with Gasteiger partial charge < -0.3 is 9.67 Å². The fourth-order valence-electron chi connectivity index (χ4n) is 2.34. The van der Waals surface area contributed by atoms with Crippen LogP contribution in [0.5, 0.6) is 0 Å². The highest BCUT2D eigenvalue weighted by atomic mass is 79.9. The van der Waals surface area contributed by atoms with E-state index in [9.17, 15) is 5.11 Å². The van der Waals surface area contributed by atoms with E-state index >= 15 is 0 Å². The van der Waals surface area contributed by atoms with Crippen LogP contribution >= 0.6 is 15.9 Å². The van der Waals surface area contributed by atoms with Gasteiger partial charge in [-0.3, -0.25) is 0 Å². The summed E-state index contributed by atoms with van der Waals surface area (Å²) in [7, 11) is 0. The summed E-state index contributed by atoms with van der Waals surface area (Å²) in [6.07, 6.45) is 3.27. The number of rotatable bonds is 1. The van der Waals surface area contributed by atoms with Crippen molar-refractivity contribution < 1.29 is 5.11 Å². The average molecular weight is 293 g/mol. The summed E-state index contributed by atoms with van der Waals surface area (Å²) in [5, 5.41) is 9.91. The van der Waals surface area contributed by atoms with Crippen molar-refractivity contribution in [2.75, 3.05) is 0 Å². The highest BCUT2D eigenvalue weighted by Gasteiger charge is 2.21. The zero-order valence-corrected chi connectivity index (χ0v) is 10.9. The van der Waals surface area contributed by atoms with Crippen molar-refractivity contribution in [3.05, 3.63) is 40.6 Å². The van der Waals surface area contributed by atoms with Crippen LogP contribution in [-0.2, 0) is 6.54 Å². The number of hydrogen-bond donors (Lipinski definition) is 1. The van der Waals surface area contributed by atoms with Crippen molar-refractivity contribution in [1.29, 1.82) is 0 Å². The Bertz CT molecular complexity index is 550. The number of imidazole rings is 1. The molecule has 3 nitrogen and oxygen atoms in total. The molecular weight excluding hydrogens is 280 g/mol. The molecule has 1 aromatic heterocycles. The molecular formula is C13H13BrN2O. The van der Waals surface area contributed by atoms with E-state index in [1.165, 1.54) is 0 Å². The van der Waals surface area contributed by atoms with Gasteiger partial charge in [-0.2, -0.15) is 0 Å². The molecule has 1 atom stereocenters. The van der Waals surface area contributed by atoms with Crippen molar-refractivity contribution in [3.63, 3.8) is 0 Å². The van der Waals surface area contributed by atoms with E-state index in [1.807, 2.05) is 18.2 Å². The van der Waals surface area contributed by atoms with Crippen molar-refractivity contribution >= 4 is 15.9 Å². The highest BCUT2D eigenvalue weighted by Crippen LogP contribution is 2.30. The number of nitrogens with zero attached hydrogens (tertiary/aromatic N) is 2. The number of aliphatic hydroxyl groups is 1. The van der Waals surface area contributed by atoms with Crippen LogP contribution in [0.25, 0.3) is 11.4 Å². The van der Waals surface area contributed by atoms with Gasteiger partial charge in [0.1, 0.15) is 5.82 Å². The molecule has 0 saturated carbocycles. The van der Waals surface area contributed by atoms with Crippen LogP contribution < -0.4 is 0 Å². The van der Waals surface area contributed by atoms with Crippen LogP contribution in [0.3, 0.4) is 0 Å². The Hall–Kier alpha value is -1.13. The summed E-state index contributed by atoms with van der Waals surface area (Å²) in [6, 6.07) is 8.09. The lowest BCUT2D eigenvalue weighted by molar-refractivity contribution is 0.139. The molecule has 1 unspecified atom stereocenters. The summed E-state index contributed by atoms with van der Waals surface area (Å²) in [4.78, 5) is 4.44. The van der Waals surface area contributed by atoms with Gasteiger partial charge in [0.05, 0.1) is 18.0 Å². The molecule has 3 rings (SSSR count). The van der Waals surface area contributed by atoms with Crippen LogP contribution in [0.1, 0.15) is 24.6 Å². The minimum atomic E-state index is -0.364. The number of hydrogen-bond acceptors (Lipinski definition) is 2. The maximum Gasteiger partial charge on any atom is 0.140 e. The minimum absolute atomic E-state index is 0.364. The summed E-state index contributed by atoms with van der Waals surface area (Å²) < 4.78 is 3.17. The third-order valence-electron chi connectivity index (χ3n) is 3.17. The molecule has 0 radical (unpaired) electrons. The van der Waals surface area contributed by atoms with E-state index in [-0.39, 0.29) is 6.10 Å². The van der Waals surface area contributed by atoms with Gasteiger partial charge >= 0.3 is 0 Å². The first kappa shape index (κ1) is 11.0. The quantitative estimate of drug-likeness (QED) is 0.877. The van der Waals surface area contributed by atoms with E-state index in [1.54, 1.807) is 6.20 Å². The Labute approximate surface area is 108 Å². The summed E-state index contributed by atoms with van der Waals surface area (Å²) in [5.41, 5.74) is 2.02. The van der Waals surface area contributed by atoms with Gasteiger partial charge in [-0.25, -0.2) is 4.98 Å². The number of halogens is 1. The SMILES string of the molecule is OC1CCCn2c1cnc2-c1cccc(Br)c1. The molecule has 2 heterocycles. The van der Waals surface area contributed by atoms with Crippen molar-refractivity contribution in [2.24, 2.45) is 0 Å². The Balaban J connectivity index is 2.10. The lowest BCUT2D eigenvalue weighted by Gasteiger charge is -2.21. The molecule has 88 valence electrons. The van der Waals surface area contributed by atoms with Crippen LogP contribution in [0.2, 0.25) is 0 Å².